The highest BCUT2D eigenvalue weighted by Gasteiger charge is 2.15. The van der Waals surface area contributed by atoms with Gasteiger partial charge in [0.25, 0.3) is 0 Å². The molecular weight excluding hydrogens is 215 g/mol. The summed E-state index contributed by atoms with van der Waals surface area (Å²) >= 11 is 0. The average Bonchev–Trinajstić information content (AvgIpc) is 2.22. The highest BCUT2D eigenvalue weighted by molar-refractivity contribution is 5.26. The molecule has 0 spiro atoms. The van der Waals surface area contributed by atoms with E-state index >= 15 is 0 Å². The molecule has 0 saturated carbocycles. The Morgan fingerprint density at radius 3 is 2.41 bits per heavy atom. The van der Waals surface area contributed by atoms with E-state index in [1.165, 1.54) is 0 Å². The summed E-state index contributed by atoms with van der Waals surface area (Å²) in [6, 6.07) is 5.86. The quantitative estimate of drug-likeness (QED) is 0.854. The third-order valence-corrected chi connectivity index (χ3v) is 3.09. The van der Waals surface area contributed by atoms with Crippen LogP contribution in [0.2, 0.25) is 0 Å². The fourth-order valence-corrected chi connectivity index (χ4v) is 2.02. The van der Waals surface area contributed by atoms with E-state index in [4.69, 9.17) is 5.73 Å². The second kappa shape index (κ2) is 6.12. The molecule has 17 heavy (non-hydrogen) atoms. The lowest BCUT2D eigenvalue weighted by molar-refractivity contribution is 0.274. The maximum absolute atomic E-state index is 13.2. The van der Waals surface area contributed by atoms with Gasteiger partial charge in [0.1, 0.15) is 5.82 Å². The van der Waals surface area contributed by atoms with Crippen molar-refractivity contribution in [1.29, 1.82) is 0 Å². The van der Waals surface area contributed by atoms with E-state index in [2.05, 4.69) is 4.90 Å². The zero-order valence-electron chi connectivity index (χ0n) is 11.2. The standard InChI is InChI=1S/C14H23FN2/c1-10-9-12(6-7-13(10)15)14(17(3)4)8-5-11(2)16/h6-7,9,11,14H,5,8,16H2,1-4H3. The molecule has 2 N–H and O–H groups in total. The van der Waals surface area contributed by atoms with Gasteiger partial charge in [-0.05, 0) is 58.0 Å². The average molecular weight is 238 g/mol. The summed E-state index contributed by atoms with van der Waals surface area (Å²) in [7, 11) is 4.09. The van der Waals surface area contributed by atoms with Crippen LogP contribution in [0.4, 0.5) is 4.39 Å². The van der Waals surface area contributed by atoms with E-state index in [1.54, 1.807) is 13.0 Å². The molecule has 96 valence electrons. The molecule has 0 aliphatic rings. The van der Waals surface area contributed by atoms with Crippen molar-refractivity contribution in [3.05, 3.63) is 35.1 Å². The Hall–Kier alpha value is -0.930. The number of nitrogens with two attached hydrogens (primary N) is 1. The van der Waals surface area contributed by atoms with Gasteiger partial charge in [0.15, 0.2) is 0 Å². The van der Waals surface area contributed by atoms with Crippen LogP contribution in [0.25, 0.3) is 0 Å². The zero-order valence-corrected chi connectivity index (χ0v) is 11.2. The molecule has 0 radical (unpaired) electrons. The second-order valence-corrected chi connectivity index (χ2v) is 5.04. The van der Waals surface area contributed by atoms with Gasteiger partial charge in [-0.15, -0.1) is 0 Å². The minimum atomic E-state index is -0.140. The highest BCUT2D eigenvalue weighted by Crippen LogP contribution is 2.25. The molecule has 0 heterocycles. The van der Waals surface area contributed by atoms with Crippen LogP contribution in [0, 0.1) is 12.7 Å². The highest BCUT2D eigenvalue weighted by atomic mass is 19.1. The topological polar surface area (TPSA) is 29.3 Å². The van der Waals surface area contributed by atoms with Gasteiger partial charge in [-0.1, -0.05) is 12.1 Å². The number of benzene rings is 1. The van der Waals surface area contributed by atoms with Crippen LogP contribution in [0.15, 0.2) is 18.2 Å². The van der Waals surface area contributed by atoms with E-state index in [0.29, 0.717) is 11.6 Å². The lowest BCUT2D eigenvalue weighted by Crippen LogP contribution is -2.23. The molecule has 0 amide bonds. The van der Waals surface area contributed by atoms with Gasteiger partial charge in [0, 0.05) is 12.1 Å². The molecule has 0 fully saturated rings. The molecule has 2 unspecified atom stereocenters. The van der Waals surface area contributed by atoms with Crippen LogP contribution in [0.5, 0.6) is 0 Å². The molecule has 0 aliphatic heterocycles. The SMILES string of the molecule is Cc1cc(C(CCC(C)N)N(C)C)ccc1F. The lowest BCUT2D eigenvalue weighted by atomic mass is 9.97. The maximum atomic E-state index is 13.2. The molecule has 3 heteroatoms. The van der Waals surface area contributed by atoms with E-state index in [-0.39, 0.29) is 11.9 Å². The zero-order chi connectivity index (χ0) is 13.0. The Kier molecular flexibility index (Phi) is 5.09. The van der Waals surface area contributed by atoms with Gasteiger partial charge in [0.2, 0.25) is 0 Å². The molecule has 2 atom stereocenters. The largest absolute Gasteiger partial charge is 0.328 e. The molecule has 2 nitrogen and oxygen atoms in total. The van der Waals surface area contributed by atoms with Crippen molar-refractivity contribution in [2.45, 2.75) is 38.8 Å². The summed E-state index contributed by atoms with van der Waals surface area (Å²) in [4.78, 5) is 2.16. The fraction of sp³-hybridized carbons (Fsp3) is 0.571. The predicted octanol–water partition coefficient (Wildman–Crippen LogP) is 2.86. The lowest BCUT2D eigenvalue weighted by Gasteiger charge is -2.26. The normalized spacial score (nSPS) is 15.0. The van der Waals surface area contributed by atoms with Crippen LogP contribution in [-0.2, 0) is 0 Å². The van der Waals surface area contributed by atoms with Crippen LogP contribution < -0.4 is 5.73 Å². The van der Waals surface area contributed by atoms with Crippen molar-refractivity contribution < 1.29 is 4.39 Å². The Balaban J connectivity index is 2.85. The van der Waals surface area contributed by atoms with Crippen LogP contribution in [-0.4, -0.2) is 25.0 Å². The molecule has 0 bridgehead atoms. The molecule has 1 aromatic carbocycles. The summed E-state index contributed by atoms with van der Waals surface area (Å²) in [5, 5.41) is 0. The molecule has 0 aromatic heterocycles. The first-order valence-corrected chi connectivity index (χ1v) is 6.10. The number of rotatable bonds is 5. The van der Waals surface area contributed by atoms with E-state index in [0.717, 1.165) is 18.4 Å². The van der Waals surface area contributed by atoms with Gasteiger partial charge >= 0.3 is 0 Å². The Labute approximate surface area is 104 Å². The van der Waals surface area contributed by atoms with Crippen molar-refractivity contribution in [2.75, 3.05) is 14.1 Å². The minimum absolute atomic E-state index is 0.140. The summed E-state index contributed by atoms with van der Waals surface area (Å²) in [6.07, 6.45) is 1.97. The summed E-state index contributed by atoms with van der Waals surface area (Å²) in [6.45, 7) is 3.82. The predicted molar refractivity (Wildman–Crippen MR) is 70.4 cm³/mol. The first-order valence-electron chi connectivity index (χ1n) is 6.10. The van der Waals surface area contributed by atoms with Gasteiger partial charge in [-0.2, -0.15) is 0 Å². The molecule has 1 rings (SSSR count). The minimum Gasteiger partial charge on any atom is -0.328 e. The Morgan fingerprint density at radius 2 is 1.94 bits per heavy atom. The van der Waals surface area contributed by atoms with Crippen molar-refractivity contribution in [1.82, 2.24) is 4.90 Å². The van der Waals surface area contributed by atoms with Crippen molar-refractivity contribution in [2.24, 2.45) is 5.73 Å². The number of nitrogens with zero attached hydrogens (tertiary/aromatic N) is 1. The van der Waals surface area contributed by atoms with Gasteiger partial charge in [-0.3, -0.25) is 0 Å². The fourth-order valence-electron chi connectivity index (χ4n) is 2.02. The number of hydrogen-bond acceptors (Lipinski definition) is 2. The molecule has 0 saturated heterocycles. The van der Waals surface area contributed by atoms with E-state index in [9.17, 15) is 4.39 Å². The van der Waals surface area contributed by atoms with Crippen LogP contribution in [0.1, 0.15) is 36.9 Å². The van der Waals surface area contributed by atoms with Gasteiger partial charge in [0.05, 0.1) is 0 Å². The van der Waals surface area contributed by atoms with E-state index in [1.807, 2.05) is 33.2 Å². The van der Waals surface area contributed by atoms with Crippen molar-refractivity contribution >= 4 is 0 Å². The summed E-state index contributed by atoms with van der Waals surface area (Å²) in [5.74, 6) is -0.140. The summed E-state index contributed by atoms with van der Waals surface area (Å²) in [5.41, 5.74) is 7.66. The van der Waals surface area contributed by atoms with Gasteiger partial charge < -0.3 is 10.6 Å². The van der Waals surface area contributed by atoms with Crippen molar-refractivity contribution in [3.63, 3.8) is 0 Å². The number of halogens is 1. The van der Waals surface area contributed by atoms with Crippen molar-refractivity contribution in [3.8, 4) is 0 Å². The van der Waals surface area contributed by atoms with Crippen LogP contribution in [0.3, 0.4) is 0 Å². The Morgan fingerprint density at radius 1 is 1.29 bits per heavy atom. The second-order valence-electron chi connectivity index (χ2n) is 5.04. The van der Waals surface area contributed by atoms with Gasteiger partial charge in [-0.25, -0.2) is 4.39 Å². The van der Waals surface area contributed by atoms with E-state index < -0.39 is 0 Å². The first-order chi connectivity index (χ1) is 7.91. The number of aryl methyl sites for hydroxylation is 1. The monoisotopic (exact) mass is 238 g/mol. The summed E-state index contributed by atoms with van der Waals surface area (Å²) < 4.78 is 13.2. The smallest absolute Gasteiger partial charge is 0.126 e. The third-order valence-electron chi connectivity index (χ3n) is 3.09. The molecule has 1 aromatic rings. The molecular formula is C14H23FN2. The Bertz CT molecular complexity index is 361. The first kappa shape index (κ1) is 14.1. The molecule has 0 aliphatic carbocycles. The van der Waals surface area contributed by atoms with Crippen LogP contribution >= 0.6 is 0 Å². The maximum Gasteiger partial charge on any atom is 0.126 e. The third kappa shape index (κ3) is 4.10. The number of hydrogen-bond donors (Lipinski definition) is 1.